The summed E-state index contributed by atoms with van der Waals surface area (Å²) in [5, 5.41) is 9.90. The lowest BCUT2D eigenvalue weighted by molar-refractivity contribution is 0.104. The van der Waals surface area contributed by atoms with E-state index in [0.29, 0.717) is 0 Å². The van der Waals surface area contributed by atoms with E-state index in [9.17, 15) is 5.11 Å². The number of aliphatic hydroxyl groups is 1. The Morgan fingerprint density at radius 1 is 1.62 bits per heavy atom. The smallest absolute Gasteiger partial charge is 0.0701 e. The van der Waals surface area contributed by atoms with E-state index in [1.54, 1.807) is 11.3 Å². The van der Waals surface area contributed by atoms with E-state index in [4.69, 9.17) is 0 Å². The lowest BCUT2D eigenvalue weighted by Crippen LogP contribution is -2.20. The Kier molecular flexibility index (Phi) is 2.51. The van der Waals surface area contributed by atoms with E-state index >= 15 is 0 Å². The number of rotatable bonds is 3. The Morgan fingerprint density at radius 2 is 2.31 bits per heavy atom. The highest BCUT2D eigenvalue weighted by Crippen LogP contribution is 2.49. The van der Waals surface area contributed by atoms with Gasteiger partial charge in [0.2, 0.25) is 0 Å². The summed E-state index contributed by atoms with van der Waals surface area (Å²) in [6.45, 7) is 2.17. The van der Waals surface area contributed by atoms with E-state index < -0.39 is 0 Å². The third-order valence-electron chi connectivity index (χ3n) is 2.87. The van der Waals surface area contributed by atoms with Crippen molar-refractivity contribution in [3.8, 4) is 0 Å². The third-order valence-corrected chi connectivity index (χ3v) is 4.51. The maximum absolute atomic E-state index is 9.90. The van der Waals surface area contributed by atoms with Crippen LogP contribution in [0.5, 0.6) is 0 Å². The van der Waals surface area contributed by atoms with Crippen molar-refractivity contribution in [2.24, 2.45) is 5.41 Å². The van der Waals surface area contributed by atoms with Crippen molar-refractivity contribution in [3.05, 3.63) is 20.8 Å². The fourth-order valence-electron chi connectivity index (χ4n) is 1.43. The van der Waals surface area contributed by atoms with Gasteiger partial charge in [0, 0.05) is 11.3 Å². The summed E-state index contributed by atoms with van der Waals surface area (Å²) >= 11 is 5.14. The molecule has 72 valence electrons. The van der Waals surface area contributed by atoms with Crippen LogP contribution < -0.4 is 0 Å². The van der Waals surface area contributed by atoms with Gasteiger partial charge in [-0.05, 0) is 46.3 Å². The van der Waals surface area contributed by atoms with Crippen molar-refractivity contribution in [3.63, 3.8) is 0 Å². The predicted molar refractivity (Wildman–Crippen MR) is 59.1 cm³/mol. The van der Waals surface area contributed by atoms with E-state index in [1.807, 2.05) is 6.07 Å². The Balaban J connectivity index is 1.98. The van der Waals surface area contributed by atoms with Gasteiger partial charge in [0.05, 0.1) is 9.89 Å². The van der Waals surface area contributed by atoms with Crippen molar-refractivity contribution >= 4 is 27.3 Å². The van der Waals surface area contributed by atoms with Crippen LogP contribution in [0.1, 0.15) is 24.6 Å². The zero-order chi connectivity index (χ0) is 9.47. The second-order valence-corrected chi connectivity index (χ2v) is 6.63. The minimum absolute atomic E-state index is 0.155. The lowest BCUT2D eigenvalue weighted by atomic mass is 9.99. The van der Waals surface area contributed by atoms with E-state index in [2.05, 4.69) is 28.9 Å². The Hall–Kier alpha value is 0.140. The first-order chi connectivity index (χ1) is 6.10. The van der Waals surface area contributed by atoms with E-state index in [0.717, 1.165) is 10.2 Å². The van der Waals surface area contributed by atoms with Crippen molar-refractivity contribution in [2.75, 3.05) is 0 Å². The zero-order valence-corrected chi connectivity index (χ0v) is 9.99. The average molecular weight is 261 g/mol. The molecule has 1 aromatic rings. The van der Waals surface area contributed by atoms with Gasteiger partial charge in [0.25, 0.3) is 0 Å². The summed E-state index contributed by atoms with van der Waals surface area (Å²) in [6.07, 6.45) is 3.02. The molecule has 0 radical (unpaired) electrons. The van der Waals surface area contributed by atoms with Crippen LogP contribution in [0.2, 0.25) is 0 Å². The molecular weight excluding hydrogens is 248 g/mol. The van der Waals surface area contributed by atoms with Gasteiger partial charge in [-0.2, -0.15) is 0 Å². The Labute approximate surface area is 90.9 Å². The summed E-state index contributed by atoms with van der Waals surface area (Å²) < 4.78 is 1.15. The largest absolute Gasteiger partial charge is 0.392 e. The standard InChI is InChI=1S/C10H13BrOS/c1-10(4-5-10)8(12)6-7-2-3-9(11)13-7/h2-3,8,12H,4-6H2,1H3. The molecule has 1 aliphatic rings. The molecule has 1 fully saturated rings. The van der Waals surface area contributed by atoms with Crippen LogP contribution >= 0.6 is 27.3 Å². The molecule has 1 heterocycles. The molecule has 1 atom stereocenters. The molecule has 1 nitrogen and oxygen atoms in total. The monoisotopic (exact) mass is 260 g/mol. The topological polar surface area (TPSA) is 20.2 Å². The molecule has 1 saturated carbocycles. The molecule has 2 rings (SSSR count). The zero-order valence-electron chi connectivity index (χ0n) is 7.59. The normalized spacial score (nSPS) is 21.5. The maximum Gasteiger partial charge on any atom is 0.0701 e. The molecule has 0 aliphatic heterocycles. The first-order valence-corrected chi connectivity index (χ1v) is 6.13. The number of hydrogen-bond acceptors (Lipinski definition) is 2. The molecule has 0 bridgehead atoms. The second-order valence-electron chi connectivity index (χ2n) is 4.08. The van der Waals surface area contributed by atoms with Crippen LogP contribution in [-0.2, 0) is 6.42 Å². The predicted octanol–water partition coefficient (Wildman–Crippen LogP) is 3.21. The van der Waals surface area contributed by atoms with Crippen LogP contribution in [0.4, 0.5) is 0 Å². The van der Waals surface area contributed by atoms with Gasteiger partial charge >= 0.3 is 0 Å². The minimum Gasteiger partial charge on any atom is -0.392 e. The second kappa shape index (κ2) is 3.37. The molecular formula is C10H13BrOS. The SMILES string of the molecule is CC1(C(O)Cc2ccc(Br)s2)CC1. The molecule has 0 amide bonds. The molecule has 0 spiro atoms. The van der Waals surface area contributed by atoms with Crippen LogP contribution in [-0.4, -0.2) is 11.2 Å². The molecule has 1 N–H and O–H groups in total. The molecule has 0 aromatic carbocycles. The highest BCUT2D eigenvalue weighted by atomic mass is 79.9. The van der Waals surface area contributed by atoms with Gasteiger partial charge in [-0.1, -0.05) is 6.92 Å². The summed E-state index contributed by atoms with van der Waals surface area (Å²) in [6, 6.07) is 4.13. The molecule has 1 aliphatic carbocycles. The molecule has 1 aromatic heterocycles. The highest BCUT2D eigenvalue weighted by molar-refractivity contribution is 9.11. The summed E-state index contributed by atoms with van der Waals surface area (Å²) in [7, 11) is 0. The third kappa shape index (κ3) is 2.14. The van der Waals surface area contributed by atoms with Crippen LogP contribution in [0.3, 0.4) is 0 Å². The minimum atomic E-state index is -0.155. The van der Waals surface area contributed by atoms with Crippen LogP contribution in [0.15, 0.2) is 15.9 Å². The molecule has 13 heavy (non-hydrogen) atoms. The van der Waals surface area contributed by atoms with Crippen molar-refractivity contribution < 1.29 is 5.11 Å². The number of halogens is 1. The highest BCUT2D eigenvalue weighted by Gasteiger charge is 2.43. The van der Waals surface area contributed by atoms with Gasteiger partial charge in [-0.15, -0.1) is 11.3 Å². The van der Waals surface area contributed by atoms with Gasteiger partial charge in [0.15, 0.2) is 0 Å². The van der Waals surface area contributed by atoms with Crippen LogP contribution in [0, 0.1) is 5.41 Å². The van der Waals surface area contributed by atoms with Crippen molar-refractivity contribution in [1.29, 1.82) is 0 Å². The first kappa shape index (κ1) is 9.69. The lowest BCUT2D eigenvalue weighted by Gasteiger charge is -2.15. The van der Waals surface area contributed by atoms with Gasteiger partial charge in [-0.25, -0.2) is 0 Å². The first-order valence-electron chi connectivity index (χ1n) is 4.52. The Morgan fingerprint density at radius 3 is 2.77 bits per heavy atom. The number of aliphatic hydroxyl groups excluding tert-OH is 1. The van der Waals surface area contributed by atoms with Crippen LogP contribution in [0.25, 0.3) is 0 Å². The number of thiophene rings is 1. The fourth-order valence-corrected chi connectivity index (χ4v) is 2.95. The molecule has 3 heteroatoms. The summed E-state index contributed by atoms with van der Waals surface area (Å²) in [5.41, 5.74) is 0.219. The average Bonchev–Trinajstić information content (AvgIpc) is 2.69. The summed E-state index contributed by atoms with van der Waals surface area (Å²) in [5.74, 6) is 0. The van der Waals surface area contributed by atoms with Gasteiger partial charge in [-0.3, -0.25) is 0 Å². The van der Waals surface area contributed by atoms with E-state index in [-0.39, 0.29) is 11.5 Å². The van der Waals surface area contributed by atoms with Crippen molar-refractivity contribution in [2.45, 2.75) is 32.3 Å². The quantitative estimate of drug-likeness (QED) is 0.885. The van der Waals surface area contributed by atoms with Crippen molar-refractivity contribution in [1.82, 2.24) is 0 Å². The maximum atomic E-state index is 9.90. The van der Waals surface area contributed by atoms with Gasteiger partial charge < -0.3 is 5.11 Å². The molecule has 0 saturated heterocycles. The summed E-state index contributed by atoms with van der Waals surface area (Å²) in [4.78, 5) is 1.27. The molecule has 1 unspecified atom stereocenters. The number of hydrogen-bond donors (Lipinski definition) is 1. The van der Waals surface area contributed by atoms with E-state index in [1.165, 1.54) is 17.7 Å². The van der Waals surface area contributed by atoms with Gasteiger partial charge in [0.1, 0.15) is 0 Å². The Bertz CT molecular complexity index is 304. The fraction of sp³-hybridized carbons (Fsp3) is 0.600.